The summed E-state index contributed by atoms with van der Waals surface area (Å²) in [5.41, 5.74) is 0.663. The molecule has 1 aliphatic rings. The Labute approximate surface area is 92.9 Å². The zero-order valence-corrected chi connectivity index (χ0v) is 9.18. The zero-order valence-electron chi connectivity index (χ0n) is 8.43. The van der Waals surface area contributed by atoms with Gasteiger partial charge in [0.2, 0.25) is 0 Å². The molecule has 0 aromatic heterocycles. The van der Waals surface area contributed by atoms with Crippen LogP contribution >= 0.6 is 11.6 Å². The van der Waals surface area contributed by atoms with Crippen molar-refractivity contribution in [1.29, 1.82) is 0 Å². The van der Waals surface area contributed by atoms with E-state index in [-0.39, 0.29) is 17.0 Å². The van der Waals surface area contributed by atoms with Crippen molar-refractivity contribution in [1.82, 2.24) is 0 Å². The first kappa shape index (κ1) is 10.7. The van der Waals surface area contributed by atoms with Gasteiger partial charge in [0, 0.05) is 5.88 Å². The molecule has 1 fully saturated rings. The molecule has 0 N–H and O–H groups in total. The summed E-state index contributed by atoms with van der Waals surface area (Å²) in [5, 5.41) is 0. The van der Waals surface area contributed by atoms with Crippen LogP contribution < -0.4 is 4.74 Å². The largest absolute Gasteiger partial charge is 0.494 e. The minimum atomic E-state index is -0.355. The number of alkyl halides is 1. The summed E-state index contributed by atoms with van der Waals surface area (Å²) in [4.78, 5) is 0. The molecule has 1 heterocycles. The van der Waals surface area contributed by atoms with Crippen molar-refractivity contribution in [2.24, 2.45) is 0 Å². The molecule has 0 saturated carbocycles. The van der Waals surface area contributed by atoms with Crippen LogP contribution in [0.4, 0.5) is 4.39 Å². The number of rotatable bonds is 3. The maximum atomic E-state index is 13.5. The third kappa shape index (κ3) is 1.70. The highest BCUT2D eigenvalue weighted by Gasteiger charge is 2.39. The number of hydrogen-bond donors (Lipinski definition) is 0. The number of halogens is 2. The van der Waals surface area contributed by atoms with Crippen molar-refractivity contribution in [2.75, 3.05) is 26.2 Å². The van der Waals surface area contributed by atoms with Crippen LogP contribution in [-0.2, 0) is 10.2 Å². The molecule has 0 radical (unpaired) electrons. The third-order valence-corrected chi connectivity index (χ3v) is 3.29. The molecule has 2 nitrogen and oxygen atoms in total. The van der Waals surface area contributed by atoms with E-state index >= 15 is 0 Å². The molecule has 15 heavy (non-hydrogen) atoms. The van der Waals surface area contributed by atoms with Crippen LogP contribution in [0.1, 0.15) is 5.56 Å². The molecule has 0 spiro atoms. The molecule has 4 heteroatoms. The lowest BCUT2D eigenvalue weighted by molar-refractivity contribution is -0.0481. The van der Waals surface area contributed by atoms with E-state index in [1.165, 1.54) is 13.2 Å². The van der Waals surface area contributed by atoms with Crippen LogP contribution in [-0.4, -0.2) is 26.2 Å². The van der Waals surface area contributed by atoms with Crippen LogP contribution in [0.25, 0.3) is 0 Å². The lowest BCUT2D eigenvalue weighted by atomic mass is 9.80. The molecular weight excluding hydrogens is 219 g/mol. The van der Waals surface area contributed by atoms with Crippen LogP contribution in [0.3, 0.4) is 0 Å². The minimum absolute atomic E-state index is 0.214. The Morgan fingerprint density at radius 3 is 2.67 bits per heavy atom. The summed E-state index contributed by atoms with van der Waals surface area (Å²) < 4.78 is 23.5. The standard InChI is InChI=1S/C11H12ClFO2/c1-14-10-3-2-8(4-9(10)13)11(5-12)6-15-7-11/h2-4H,5-7H2,1H3. The van der Waals surface area contributed by atoms with Gasteiger partial charge in [-0.25, -0.2) is 4.39 Å². The molecular formula is C11H12ClFO2. The highest BCUT2D eigenvalue weighted by atomic mass is 35.5. The molecule has 0 bridgehead atoms. The van der Waals surface area contributed by atoms with Gasteiger partial charge in [-0.15, -0.1) is 11.6 Å². The minimum Gasteiger partial charge on any atom is -0.494 e. The molecule has 1 aromatic carbocycles. The number of benzene rings is 1. The van der Waals surface area contributed by atoms with E-state index in [0.717, 1.165) is 5.56 Å². The lowest BCUT2D eigenvalue weighted by Crippen LogP contribution is -2.48. The first-order valence-corrected chi connectivity index (χ1v) is 5.23. The van der Waals surface area contributed by atoms with Gasteiger partial charge in [0.15, 0.2) is 11.6 Å². The summed E-state index contributed by atoms with van der Waals surface area (Å²) in [6.07, 6.45) is 0. The SMILES string of the molecule is COc1ccc(C2(CCl)COC2)cc1F. The van der Waals surface area contributed by atoms with E-state index in [0.29, 0.717) is 19.1 Å². The van der Waals surface area contributed by atoms with Gasteiger partial charge in [-0.3, -0.25) is 0 Å². The van der Waals surface area contributed by atoms with Crippen molar-refractivity contribution in [3.63, 3.8) is 0 Å². The second kappa shape index (κ2) is 3.99. The Bertz CT molecular complexity index is 358. The molecule has 2 rings (SSSR count). The van der Waals surface area contributed by atoms with Gasteiger partial charge in [0.05, 0.1) is 25.7 Å². The summed E-state index contributed by atoms with van der Waals surface area (Å²) in [5.74, 6) is 0.341. The normalized spacial score (nSPS) is 18.3. The van der Waals surface area contributed by atoms with Gasteiger partial charge in [-0.2, -0.15) is 0 Å². The quantitative estimate of drug-likeness (QED) is 0.743. The number of ether oxygens (including phenoxy) is 2. The summed E-state index contributed by atoms with van der Waals surface area (Å²) in [6.45, 7) is 1.12. The smallest absolute Gasteiger partial charge is 0.165 e. The fourth-order valence-electron chi connectivity index (χ4n) is 1.67. The molecule has 1 aliphatic heterocycles. The fraction of sp³-hybridized carbons (Fsp3) is 0.455. The lowest BCUT2D eigenvalue weighted by Gasteiger charge is -2.40. The number of hydrogen-bond acceptors (Lipinski definition) is 2. The van der Waals surface area contributed by atoms with Gasteiger partial charge in [0.1, 0.15) is 0 Å². The van der Waals surface area contributed by atoms with Crippen molar-refractivity contribution in [2.45, 2.75) is 5.41 Å². The predicted molar refractivity (Wildman–Crippen MR) is 56.2 cm³/mol. The van der Waals surface area contributed by atoms with E-state index in [2.05, 4.69) is 0 Å². The topological polar surface area (TPSA) is 18.5 Å². The van der Waals surface area contributed by atoms with Crippen molar-refractivity contribution in [3.05, 3.63) is 29.6 Å². The average molecular weight is 231 g/mol. The van der Waals surface area contributed by atoms with E-state index in [4.69, 9.17) is 21.1 Å². The summed E-state index contributed by atoms with van der Waals surface area (Å²) in [7, 11) is 1.45. The van der Waals surface area contributed by atoms with Gasteiger partial charge in [-0.1, -0.05) is 6.07 Å². The predicted octanol–water partition coefficient (Wildman–Crippen LogP) is 2.34. The Morgan fingerprint density at radius 2 is 2.27 bits per heavy atom. The van der Waals surface area contributed by atoms with Crippen molar-refractivity contribution in [3.8, 4) is 5.75 Å². The molecule has 1 saturated heterocycles. The maximum Gasteiger partial charge on any atom is 0.165 e. The second-order valence-electron chi connectivity index (χ2n) is 3.76. The number of methoxy groups -OCH3 is 1. The van der Waals surface area contributed by atoms with E-state index in [9.17, 15) is 4.39 Å². The van der Waals surface area contributed by atoms with Crippen LogP contribution in [0.2, 0.25) is 0 Å². The van der Waals surface area contributed by atoms with Crippen LogP contribution in [0.5, 0.6) is 5.75 Å². The van der Waals surface area contributed by atoms with E-state index < -0.39 is 0 Å². The monoisotopic (exact) mass is 230 g/mol. The molecule has 82 valence electrons. The highest BCUT2D eigenvalue weighted by molar-refractivity contribution is 6.18. The average Bonchev–Trinajstić information content (AvgIpc) is 2.17. The molecule has 0 aliphatic carbocycles. The van der Waals surface area contributed by atoms with Crippen molar-refractivity contribution < 1.29 is 13.9 Å². The first-order chi connectivity index (χ1) is 7.22. The first-order valence-electron chi connectivity index (χ1n) is 4.69. The Balaban J connectivity index is 2.33. The second-order valence-corrected chi connectivity index (χ2v) is 4.02. The summed E-state index contributed by atoms with van der Waals surface area (Å²) in [6, 6.07) is 4.94. The highest BCUT2D eigenvalue weighted by Crippen LogP contribution is 2.35. The molecule has 1 aromatic rings. The van der Waals surface area contributed by atoms with E-state index in [1.54, 1.807) is 6.07 Å². The fourth-order valence-corrected chi connectivity index (χ4v) is 1.97. The summed E-state index contributed by atoms with van der Waals surface area (Å²) >= 11 is 5.89. The molecule has 0 atom stereocenters. The van der Waals surface area contributed by atoms with Gasteiger partial charge in [0.25, 0.3) is 0 Å². The van der Waals surface area contributed by atoms with Gasteiger partial charge in [-0.05, 0) is 17.7 Å². The molecule has 0 amide bonds. The zero-order chi connectivity index (χ0) is 10.9. The third-order valence-electron chi connectivity index (χ3n) is 2.78. The Hall–Kier alpha value is -0.800. The van der Waals surface area contributed by atoms with Gasteiger partial charge < -0.3 is 9.47 Å². The van der Waals surface area contributed by atoms with Crippen LogP contribution in [0.15, 0.2) is 18.2 Å². The van der Waals surface area contributed by atoms with Crippen molar-refractivity contribution >= 4 is 11.6 Å². The van der Waals surface area contributed by atoms with Crippen LogP contribution in [0, 0.1) is 5.82 Å². The Morgan fingerprint density at radius 1 is 1.53 bits per heavy atom. The van der Waals surface area contributed by atoms with Gasteiger partial charge >= 0.3 is 0 Å². The van der Waals surface area contributed by atoms with E-state index in [1.807, 2.05) is 6.07 Å². The molecule has 0 unspecified atom stereocenters. The Kier molecular flexibility index (Phi) is 2.85. The maximum absolute atomic E-state index is 13.5.